The molecule has 0 spiro atoms. The largest absolute Gasteiger partial charge is 0.497 e. The predicted octanol–water partition coefficient (Wildman–Crippen LogP) is 3.19. The number of methoxy groups -OCH3 is 1. The van der Waals surface area contributed by atoms with E-state index in [0.29, 0.717) is 21.6 Å². The summed E-state index contributed by atoms with van der Waals surface area (Å²) in [5, 5.41) is 0. The zero-order valence-electron chi connectivity index (χ0n) is 16.0. The smallest absolute Gasteiger partial charge is 0.271 e. The van der Waals surface area contributed by atoms with Crippen LogP contribution in [0, 0.1) is 0 Å². The molecule has 0 bridgehead atoms. The van der Waals surface area contributed by atoms with Gasteiger partial charge in [0.15, 0.2) is 0 Å². The van der Waals surface area contributed by atoms with Gasteiger partial charge in [-0.3, -0.25) is 18.6 Å². The van der Waals surface area contributed by atoms with E-state index in [9.17, 15) is 9.59 Å². The van der Waals surface area contributed by atoms with Crippen molar-refractivity contribution in [2.75, 3.05) is 7.11 Å². The molecule has 7 nitrogen and oxygen atoms in total. The van der Waals surface area contributed by atoms with Crippen molar-refractivity contribution in [2.24, 2.45) is 0 Å². The minimum Gasteiger partial charge on any atom is -0.497 e. The fourth-order valence-electron chi connectivity index (χ4n) is 3.31. The van der Waals surface area contributed by atoms with Crippen molar-refractivity contribution in [3.63, 3.8) is 0 Å². The van der Waals surface area contributed by atoms with Gasteiger partial charge >= 0.3 is 0 Å². The molecule has 0 aliphatic carbocycles. The van der Waals surface area contributed by atoms with Crippen LogP contribution in [-0.4, -0.2) is 26.0 Å². The highest BCUT2D eigenvalue weighted by Crippen LogP contribution is 2.31. The van der Waals surface area contributed by atoms with E-state index >= 15 is 0 Å². The molecule has 0 fully saturated rings. The second kappa shape index (κ2) is 7.23. The van der Waals surface area contributed by atoms with E-state index in [1.807, 2.05) is 36.4 Å². The van der Waals surface area contributed by atoms with Gasteiger partial charge in [0.05, 0.1) is 31.2 Å². The van der Waals surface area contributed by atoms with Crippen LogP contribution in [0.3, 0.4) is 0 Å². The van der Waals surface area contributed by atoms with Crippen molar-refractivity contribution in [3.05, 3.63) is 93.5 Å². The normalized spacial score (nSPS) is 11.2. The first kappa shape index (κ1) is 18.3. The van der Waals surface area contributed by atoms with E-state index in [1.54, 1.807) is 25.4 Å². The Kier molecular flexibility index (Phi) is 4.40. The molecule has 0 radical (unpaired) electrons. The number of ether oxygens (including phenoxy) is 1. The molecule has 8 heteroatoms. The van der Waals surface area contributed by atoms with Gasteiger partial charge < -0.3 is 4.74 Å². The Bertz CT molecular complexity index is 1500. The van der Waals surface area contributed by atoms with Gasteiger partial charge in [-0.2, -0.15) is 0 Å². The number of pyridine rings is 1. The molecule has 148 valence electrons. The molecule has 0 N–H and O–H groups in total. The first-order valence-electron chi connectivity index (χ1n) is 9.23. The highest BCUT2D eigenvalue weighted by atomic mass is 32.1. The lowest BCUT2D eigenvalue weighted by Crippen LogP contribution is -2.23. The summed E-state index contributed by atoms with van der Waals surface area (Å²) in [6.45, 7) is 0.179. The average Bonchev–Trinajstić information content (AvgIpc) is 3.21. The van der Waals surface area contributed by atoms with Crippen LogP contribution in [0.4, 0.5) is 0 Å². The molecule has 4 heterocycles. The average molecular weight is 416 g/mol. The Labute approximate surface area is 174 Å². The Morgan fingerprint density at radius 3 is 2.70 bits per heavy atom. The summed E-state index contributed by atoms with van der Waals surface area (Å²) in [6, 6.07) is 16.4. The molecule has 0 atom stereocenters. The highest BCUT2D eigenvalue weighted by Gasteiger charge is 2.12. The number of thiophene rings is 1. The van der Waals surface area contributed by atoms with E-state index in [2.05, 4.69) is 9.97 Å². The zero-order valence-corrected chi connectivity index (χ0v) is 16.8. The molecular weight excluding hydrogens is 400 g/mol. The second-order valence-electron chi connectivity index (χ2n) is 6.75. The minimum atomic E-state index is -0.185. The van der Waals surface area contributed by atoms with Gasteiger partial charge in [-0.05, 0) is 48.0 Å². The maximum absolute atomic E-state index is 13.0. The molecule has 0 aliphatic heterocycles. The summed E-state index contributed by atoms with van der Waals surface area (Å²) < 4.78 is 8.72. The zero-order chi connectivity index (χ0) is 20.7. The summed E-state index contributed by atoms with van der Waals surface area (Å²) in [5.74, 6) is 0.777. The van der Waals surface area contributed by atoms with E-state index in [1.165, 1.54) is 32.7 Å². The van der Waals surface area contributed by atoms with Crippen molar-refractivity contribution < 1.29 is 4.74 Å². The maximum atomic E-state index is 13.0. The van der Waals surface area contributed by atoms with Crippen molar-refractivity contribution in [2.45, 2.75) is 6.54 Å². The Morgan fingerprint density at radius 2 is 1.90 bits per heavy atom. The first-order chi connectivity index (χ1) is 14.6. The Morgan fingerprint density at radius 1 is 1.07 bits per heavy atom. The van der Waals surface area contributed by atoms with E-state index < -0.39 is 0 Å². The lowest BCUT2D eigenvalue weighted by atomic mass is 10.2. The standard InChI is InChI=1S/C22H16N4O3S/c1-29-16-7-5-14(6-8-16)18-11-17-21(30-18)22(28)25(13-23-17)12-15-10-20(27)26-9-3-2-4-19(26)24-15/h2-11,13H,12H2,1H3. The number of nitrogens with zero attached hydrogens (tertiary/aromatic N) is 4. The summed E-state index contributed by atoms with van der Waals surface area (Å²) in [5.41, 5.74) is 2.37. The van der Waals surface area contributed by atoms with E-state index in [-0.39, 0.29) is 17.7 Å². The Hall–Kier alpha value is -3.78. The van der Waals surface area contributed by atoms with Gasteiger partial charge in [-0.1, -0.05) is 6.07 Å². The number of benzene rings is 1. The van der Waals surface area contributed by atoms with Crippen LogP contribution < -0.4 is 15.9 Å². The summed E-state index contributed by atoms with van der Waals surface area (Å²) >= 11 is 1.40. The van der Waals surface area contributed by atoms with Crippen LogP contribution in [0.25, 0.3) is 26.3 Å². The molecule has 5 aromatic rings. The van der Waals surface area contributed by atoms with Gasteiger partial charge in [-0.25, -0.2) is 9.97 Å². The molecule has 0 amide bonds. The lowest BCUT2D eigenvalue weighted by molar-refractivity contribution is 0.415. The predicted molar refractivity (Wildman–Crippen MR) is 116 cm³/mol. The number of rotatable bonds is 4. The fraction of sp³-hybridized carbons (Fsp3) is 0.0909. The van der Waals surface area contributed by atoms with Gasteiger partial charge in [0.2, 0.25) is 0 Å². The molecule has 0 unspecified atom stereocenters. The molecule has 0 saturated heterocycles. The number of hydrogen-bond acceptors (Lipinski definition) is 6. The minimum absolute atomic E-state index is 0.153. The number of hydrogen-bond donors (Lipinski definition) is 0. The van der Waals surface area contributed by atoms with Gasteiger partial charge in [0.1, 0.15) is 16.1 Å². The molecule has 30 heavy (non-hydrogen) atoms. The van der Waals surface area contributed by atoms with Gasteiger partial charge in [-0.15, -0.1) is 11.3 Å². The Balaban J connectivity index is 1.53. The van der Waals surface area contributed by atoms with Crippen LogP contribution in [0.5, 0.6) is 5.75 Å². The molecule has 1 aromatic carbocycles. The van der Waals surface area contributed by atoms with Crippen molar-refractivity contribution in [1.29, 1.82) is 0 Å². The molecule has 5 rings (SSSR count). The lowest BCUT2D eigenvalue weighted by Gasteiger charge is -2.06. The quantitative estimate of drug-likeness (QED) is 0.450. The van der Waals surface area contributed by atoms with Crippen molar-refractivity contribution >= 4 is 27.2 Å². The molecule has 0 aliphatic rings. The van der Waals surface area contributed by atoms with E-state index in [0.717, 1.165) is 16.2 Å². The SMILES string of the molecule is COc1ccc(-c2cc3ncn(Cc4cc(=O)n5ccccc5n4)c(=O)c3s2)cc1. The number of aromatic nitrogens is 4. The summed E-state index contributed by atoms with van der Waals surface area (Å²) in [6.07, 6.45) is 3.17. The van der Waals surface area contributed by atoms with E-state index in [4.69, 9.17) is 4.74 Å². The maximum Gasteiger partial charge on any atom is 0.271 e. The molecule has 4 aromatic heterocycles. The number of fused-ring (bicyclic) bond motifs is 2. The fourth-order valence-corrected chi connectivity index (χ4v) is 4.38. The van der Waals surface area contributed by atoms with Crippen LogP contribution in [0.1, 0.15) is 5.69 Å². The third-order valence-corrected chi connectivity index (χ3v) is 6.00. The second-order valence-corrected chi connectivity index (χ2v) is 7.80. The van der Waals surface area contributed by atoms with Crippen LogP contribution in [-0.2, 0) is 6.54 Å². The van der Waals surface area contributed by atoms with Crippen molar-refractivity contribution in [3.8, 4) is 16.2 Å². The van der Waals surface area contributed by atoms with Crippen LogP contribution >= 0.6 is 11.3 Å². The third kappa shape index (κ3) is 3.17. The third-order valence-electron chi connectivity index (χ3n) is 4.83. The topological polar surface area (TPSA) is 78.5 Å². The molecule has 0 saturated carbocycles. The summed E-state index contributed by atoms with van der Waals surface area (Å²) in [7, 11) is 1.62. The highest BCUT2D eigenvalue weighted by molar-refractivity contribution is 7.22. The summed E-state index contributed by atoms with van der Waals surface area (Å²) in [4.78, 5) is 35.2. The van der Waals surface area contributed by atoms with Gasteiger partial charge in [0.25, 0.3) is 11.1 Å². The first-order valence-corrected chi connectivity index (χ1v) is 10.0. The molecular formula is C22H16N4O3S. The monoisotopic (exact) mass is 416 g/mol. The van der Waals surface area contributed by atoms with Crippen LogP contribution in [0.15, 0.2) is 76.7 Å². The van der Waals surface area contributed by atoms with Gasteiger partial charge in [0, 0.05) is 17.1 Å². The van der Waals surface area contributed by atoms with Crippen molar-refractivity contribution in [1.82, 2.24) is 18.9 Å². The van der Waals surface area contributed by atoms with Crippen LogP contribution in [0.2, 0.25) is 0 Å².